The Morgan fingerprint density at radius 3 is 2.26 bits per heavy atom. The first-order valence-electron chi connectivity index (χ1n) is 11.0. The van der Waals surface area contributed by atoms with Crippen LogP contribution in [0.25, 0.3) is 11.1 Å². The number of hydrogen-bond donors (Lipinski definition) is 0. The first-order chi connectivity index (χ1) is 13.3. The van der Waals surface area contributed by atoms with Crippen molar-refractivity contribution in [2.45, 2.75) is 63.9 Å². The van der Waals surface area contributed by atoms with Crippen LogP contribution in [-0.4, -0.2) is 25.1 Å². The van der Waals surface area contributed by atoms with Gasteiger partial charge in [-0.25, -0.2) is 0 Å². The quantitative estimate of drug-likeness (QED) is 0.544. The summed E-state index contributed by atoms with van der Waals surface area (Å²) in [6.45, 7) is 2.24. The zero-order chi connectivity index (χ0) is 18.7. The maximum atomic E-state index is 5.82. The zero-order valence-electron chi connectivity index (χ0n) is 17.1. The Hall–Kier alpha value is -1.33. The normalized spacial score (nSPS) is 21.6. The van der Waals surface area contributed by atoms with Gasteiger partial charge < -0.3 is 0 Å². The number of ether oxygens (including phenoxy) is 1. The van der Waals surface area contributed by atoms with E-state index in [4.69, 9.17) is 4.74 Å². The molecule has 0 radical (unpaired) electrons. The Morgan fingerprint density at radius 1 is 0.815 bits per heavy atom. The van der Waals surface area contributed by atoms with E-state index in [2.05, 4.69) is 49.4 Å². The molecule has 27 heavy (non-hydrogen) atoms. The Labute approximate surface area is 165 Å². The molecule has 0 N–H and O–H groups in total. The van der Waals surface area contributed by atoms with Crippen LogP contribution >= 0.6 is 7.26 Å². The monoisotopic (exact) mass is 382 g/mol. The Kier molecular flexibility index (Phi) is 5.88. The number of rotatable bonds is 4. The van der Waals surface area contributed by atoms with Gasteiger partial charge in [0.15, 0.2) is 0 Å². The van der Waals surface area contributed by atoms with Crippen LogP contribution in [0.3, 0.4) is 0 Å². The summed E-state index contributed by atoms with van der Waals surface area (Å²) >= 11 is 0. The van der Waals surface area contributed by atoms with Crippen molar-refractivity contribution in [1.82, 2.24) is 0 Å². The molecule has 1 aliphatic carbocycles. The van der Waals surface area contributed by atoms with Crippen molar-refractivity contribution in [3.05, 3.63) is 48.0 Å². The van der Waals surface area contributed by atoms with Gasteiger partial charge in [-0.3, -0.25) is 0 Å². The van der Waals surface area contributed by atoms with Crippen LogP contribution in [0.5, 0.6) is 5.75 Å². The third-order valence-corrected chi connectivity index (χ3v) is 13.5. The van der Waals surface area contributed by atoms with Gasteiger partial charge in [-0.2, -0.15) is 0 Å². The molecule has 0 aromatic heterocycles. The number of aryl methyl sites for hydroxylation is 1. The summed E-state index contributed by atoms with van der Waals surface area (Å²) in [5.74, 6) is 1.03. The maximum absolute atomic E-state index is 5.82. The zero-order valence-corrected chi connectivity index (χ0v) is 18.1. The summed E-state index contributed by atoms with van der Waals surface area (Å²) in [5.41, 5.74) is 5.14. The van der Waals surface area contributed by atoms with Crippen LogP contribution in [0, 0.1) is 6.92 Å². The number of methoxy groups -OCH3 is 1. The molecule has 2 heteroatoms. The van der Waals surface area contributed by atoms with Crippen LogP contribution in [0.15, 0.2) is 42.5 Å². The van der Waals surface area contributed by atoms with Crippen molar-refractivity contribution >= 4 is 12.6 Å². The minimum absolute atomic E-state index is 0.989. The summed E-state index contributed by atoms with van der Waals surface area (Å²) < 4.78 is 5.82. The standard InChI is InChI=1S/C25H35OP/c1-20-12-11-16-23(26-2)25(20)22-15-7-8-17-24(22)27(18-9-4-10-19-27)21-13-5-3-6-14-21/h7-8,11-12,15-17,21,27H,3-6,9-10,13-14,18-19H2,1-2H3. The molecule has 4 rings (SSSR count). The fourth-order valence-electron chi connectivity index (χ4n) is 6.03. The predicted octanol–water partition coefficient (Wildman–Crippen LogP) is 6.56. The van der Waals surface area contributed by atoms with E-state index in [1.807, 2.05) is 7.11 Å². The van der Waals surface area contributed by atoms with Crippen molar-refractivity contribution in [3.63, 3.8) is 0 Å². The van der Waals surface area contributed by atoms with Crippen LogP contribution in [0.1, 0.15) is 56.9 Å². The summed E-state index contributed by atoms with van der Waals surface area (Å²) in [6, 6.07) is 15.9. The molecule has 0 spiro atoms. The van der Waals surface area contributed by atoms with Crippen LogP contribution in [0.4, 0.5) is 0 Å². The van der Waals surface area contributed by atoms with Crippen LogP contribution in [-0.2, 0) is 0 Å². The molecule has 1 aliphatic heterocycles. The van der Waals surface area contributed by atoms with Crippen molar-refractivity contribution in [2.75, 3.05) is 19.4 Å². The van der Waals surface area contributed by atoms with E-state index < -0.39 is 7.26 Å². The van der Waals surface area contributed by atoms with Gasteiger partial charge in [0.1, 0.15) is 0 Å². The molecule has 0 unspecified atom stereocenters. The molecule has 2 aliphatic rings. The van der Waals surface area contributed by atoms with Gasteiger partial charge in [0.05, 0.1) is 0 Å². The van der Waals surface area contributed by atoms with Crippen LogP contribution in [0.2, 0.25) is 0 Å². The second kappa shape index (κ2) is 8.36. The van der Waals surface area contributed by atoms with E-state index in [1.165, 1.54) is 80.4 Å². The van der Waals surface area contributed by atoms with E-state index in [1.54, 1.807) is 5.30 Å². The molecule has 1 saturated heterocycles. The van der Waals surface area contributed by atoms with E-state index in [0.29, 0.717) is 0 Å². The summed E-state index contributed by atoms with van der Waals surface area (Å²) in [4.78, 5) is 0. The molecule has 2 fully saturated rings. The van der Waals surface area contributed by atoms with Crippen molar-refractivity contribution in [2.24, 2.45) is 0 Å². The van der Waals surface area contributed by atoms with Crippen molar-refractivity contribution in [3.8, 4) is 16.9 Å². The number of benzene rings is 2. The Balaban J connectivity index is 1.88. The molecule has 146 valence electrons. The predicted molar refractivity (Wildman–Crippen MR) is 122 cm³/mol. The molecule has 1 heterocycles. The first-order valence-corrected chi connectivity index (χ1v) is 13.5. The van der Waals surface area contributed by atoms with Crippen molar-refractivity contribution in [1.29, 1.82) is 0 Å². The third kappa shape index (κ3) is 3.56. The van der Waals surface area contributed by atoms with Gasteiger partial charge >= 0.3 is 166 Å². The van der Waals surface area contributed by atoms with Gasteiger partial charge in [0.25, 0.3) is 0 Å². The average Bonchev–Trinajstić information content (AvgIpc) is 2.74. The van der Waals surface area contributed by atoms with Gasteiger partial charge in [0, 0.05) is 0 Å². The molecular weight excluding hydrogens is 347 g/mol. The van der Waals surface area contributed by atoms with Gasteiger partial charge in [-0.15, -0.1) is 0 Å². The molecule has 0 bridgehead atoms. The summed E-state index contributed by atoms with van der Waals surface area (Å²) in [7, 11) is 0.316. The first kappa shape index (κ1) is 19.0. The molecular formula is C25H35OP. The third-order valence-electron chi connectivity index (χ3n) is 7.32. The number of hydrogen-bond acceptors (Lipinski definition) is 1. The molecule has 2 aromatic carbocycles. The molecule has 1 saturated carbocycles. The topological polar surface area (TPSA) is 9.23 Å². The average molecular weight is 383 g/mol. The molecule has 0 atom stereocenters. The summed E-state index contributed by atoms with van der Waals surface area (Å²) in [6.07, 6.45) is 14.7. The minimum atomic E-state index is -1.50. The molecule has 2 aromatic rings. The fraction of sp³-hybridized carbons (Fsp3) is 0.520. The second-order valence-corrected chi connectivity index (χ2v) is 13.4. The van der Waals surface area contributed by atoms with Gasteiger partial charge in [0.2, 0.25) is 0 Å². The Morgan fingerprint density at radius 2 is 1.52 bits per heavy atom. The van der Waals surface area contributed by atoms with E-state index >= 15 is 0 Å². The van der Waals surface area contributed by atoms with E-state index in [-0.39, 0.29) is 0 Å². The van der Waals surface area contributed by atoms with Gasteiger partial charge in [-0.05, 0) is 0 Å². The van der Waals surface area contributed by atoms with Crippen LogP contribution < -0.4 is 10.0 Å². The van der Waals surface area contributed by atoms with Gasteiger partial charge in [-0.1, -0.05) is 0 Å². The summed E-state index contributed by atoms with van der Waals surface area (Å²) in [5, 5.41) is 1.74. The van der Waals surface area contributed by atoms with E-state index in [9.17, 15) is 0 Å². The second-order valence-electron chi connectivity index (χ2n) is 8.75. The fourth-order valence-corrected chi connectivity index (χ4v) is 12.5. The Bertz CT molecular complexity index is 770. The molecule has 1 nitrogen and oxygen atoms in total. The SMILES string of the molecule is COc1cccc(C)c1-c1ccccc1[PH]1(C2CCCCC2)CCCCC1. The molecule has 0 amide bonds. The van der Waals surface area contributed by atoms with Crippen molar-refractivity contribution < 1.29 is 4.74 Å². The van der Waals surface area contributed by atoms with E-state index in [0.717, 1.165) is 11.4 Å².